The highest BCUT2D eigenvalue weighted by Crippen LogP contribution is 2.34. The second-order valence-electron chi connectivity index (χ2n) is 7.31. The third kappa shape index (κ3) is 3.62. The first-order valence-electron chi connectivity index (χ1n) is 8.62. The van der Waals surface area contributed by atoms with Crippen LogP contribution < -0.4 is 10.3 Å². The van der Waals surface area contributed by atoms with Gasteiger partial charge >= 0.3 is 0 Å². The Morgan fingerprint density at radius 3 is 2.44 bits per heavy atom. The Morgan fingerprint density at radius 1 is 1.22 bits per heavy atom. The minimum Gasteiger partial charge on any atom is -0.370 e. The van der Waals surface area contributed by atoms with Crippen molar-refractivity contribution in [2.75, 3.05) is 18.0 Å². The Labute approximate surface area is 156 Å². The van der Waals surface area contributed by atoms with Crippen LogP contribution in [0.15, 0.2) is 40.4 Å². The first-order chi connectivity index (χ1) is 12.9. The number of Topliss-reactive ketones (excluding diaryl/α,β-unsaturated/α-hetero) is 1. The van der Waals surface area contributed by atoms with Crippen LogP contribution in [0.25, 0.3) is 5.69 Å². The zero-order valence-electron chi connectivity index (χ0n) is 15.2. The highest BCUT2D eigenvalue weighted by molar-refractivity contribution is 6.06. The lowest BCUT2D eigenvalue weighted by Gasteiger charge is -2.38. The quantitative estimate of drug-likeness (QED) is 0.468. The summed E-state index contributed by atoms with van der Waals surface area (Å²) in [5, 5.41) is 15.5. The van der Waals surface area contributed by atoms with Crippen LogP contribution in [0.4, 0.5) is 11.4 Å². The van der Waals surface area contributed by atoms with Gasteiger partial charge in [0, 0.05) is 13.1 Å². The van der Waals surface area contributed by atoms with Gasteiger partial charge in [0.2, 0.25) is 5.43 Å². The topological polar surface area (TPSA) is 108 Å². The molecule has 0 bridgehead atoms. The van der Waals surface area contributed by atoms with Crippen molar-refractivity contribution in [2.24, 2.45) is 10.6 Å². The van der Waals surface area contributed by atoms with Crippen molar-refractivity contribution >= 4 is 17.2 Å². The van der Waals surface area contributed by atoms with Crippen LogP contribution in [0.3, 0.4) is 0 Å². The largest absolute Gasteiger partial charge is 0.370 e. The SMILES string of the molecule is CC1(C)CCN(c2ccccc2-n2cc(N=O)c(=O)c(C(=O)C#N)n2)CC1. The van der Waals surface area contributed by atoms with E-state index in [1.807, 2.05) is 12.1 Å². The number of nitriles is 1. The molecule has 1 aromatic heterocycles. The standard InChI is InChI=1S/C19H19N5O3/c1-19(2)7-9-23(10-8-19)14-5-3-4-6-15(14)24-12-13(22-27)18(26)17(21-24)16(25)11-20/h3-6,12H,7-10H2,1-2H3. The van der Waals surface area contributed by atoms with Crippen molar-refractivity contribution in [1.82, 2.24) is 9.78 Å². The summed E-state index contributed by atoms with van der Waals surface area (Å²) in [7, 11) is 0. The highest BCUT2D eigenvalue weighted by atomic mass is 16.3. The van der Waals surface area contributed by atoms with Crippen molar-refractivity contribution in [3.63, 3.8) is 0 Å². The second kappa shape index (κ2) is 7.11. The molecule has 0 spiro atoms. The molecule has 1 aliphatic heterocycles. The van der Waals surface area contributed by atoms with E-state index in [1.54, 1.807) is 12.1 Å². The van der Waals surface area contributed by atoms with Gasteiger partial charge in [-0.15, -0.1) is 4.91 Å². The van der Waals surface area contributed by atoms with Gasteiger partial charge in [-0.25, -0.2) is 4.68 Å². The Bertz CT molecular complexity index is 993. The molecular formula is C19H19N5O3. The van der Waals surface area contributed by atoms with E-state index < -0.39 is 22.6 Å². The van der Waals surface area contributed by atoms with Gasteiger partial charge in [0.1, 0.15) is 6.07 Å². The Morgan fingerprint density at radius 2 is 1.85 bits per heavy atom. The summed E-state index contributed by atoms with van der Waals surface area (Å²) in [5.74, 6) is -1.10. The molecule has 8 heteroatoms. The summed E-state index contributed by atoms with van der Waals surface area (Å²) in [6.45, 7) is 6.18. The number of anilines is 1. The van der Waals surface area contributed by atoms with Gasteiger partial charge in [-0.1, -0.05) is 26.0 Å². The maximum absolute atomic E-state index is 12.1. The number of carbonyl (C=O) groups is 1. The van der Waals surface area contributed by atoms with Crippen LogP contribution in [-0.4, -0.2) is 28.7 Å². The number of rotatable bonds is 4. The van der Waals surface area contributed by atoms with Gasteiger partial charge in [0.05, 0.1) is 17.6 Å². The van der Waals surface area contributed by atoms with Crippen LogP contribution in [0, 0.1) is 21.7 Å². The lowest BCUT2D eigenvalue weighted by atomic mass is 9.82. The summed E-state index contributed by atoms with van der Waals surface area (Å²) < 4.78 is 1.28. The average Bonchev–Trinajstić information content (AvgIpc) is 2.67. The molecule has 3 rings (SSSR count). The molecule has 27 heavy (non-hydrogen) atoms. The van der Waals surface area contributed by atoms with Gasteiger partial charge in [0.25, 0.3) is 5.78 Å². The van der Waals surface area contributed by atoms with Gasteiger partial charge < -0.3 is 4.90 Å². The molecule has 0 aliphatic carbocycles. The van der Waals surface area contributed by atoms with Gasteiger partial charge in [-0.05, 0) is 35.6 Å². The molecule has 138 valence electrons. The van der Waals surface area contributed by atoms with Crippen LogP contribution in [0.2, 0.25) is 0 Å². The molecule has 1 saturated heterocycles. The van der Waals surface area contributed by atoms with E-state index in [0.717, 1.165) is 31.6 Å². The summed E-state index contributed by atoms with van der Waals surface area (Å²) >= 11 is 0. The minimum absolute atomic E-state index is 0.280. The Hall–Kier alpha value is -3.34. The van der Waals surface area contributed by atoms with Crippen LogP contribution >= 0.6 is 0 Å². The zero-order chi connectivity index (χ0) is 19.6. The van der Waals surface area contributed by atoms with Crippen molar-refractivity contribution < 1.29 is 4.79 Å². The monoisotopic (exact) mass is 365 g/mol. The number of aromatic nitrogens is 2. The molecule has 2 aromatic rings. The molecule has 8 nitrogen and oxygen atoms in total. The first-order valence-corrected chi connectivity index (χ1v) is 8.62. The smallest absolute Gasteiger partial charge is 0.286 e. The molecule has 0 amide bonds. The average molecular weight is 365 g/mol. The van der Waals surface area contributed by atoms with Crippen molar-refractivity contribution in [1.29, 1.82) is 5.26 Å². The summed E-state index contributed by atoms with van der Waals surface area (Å²) in [6, 6.07) is 8.76. The zero-order valence-corrected chi connectivity index (χ0v) is 15.2. The van der Waals surface area contributed by atoms with Crippen LogP contribution in [-0.2, 0) is 0 Å². The molecular weight excluding hydrogens is 346 g/mol. The maximum atomic E-state index is 12.1. The molecule has 0 radical (unpaired) electrons. The second-order valence-corrected chi connectivity index (χ2v) is 7.31. The fraction of sp³-hybridized carbons (Fsp3) is 0.368. The summed E-state index contributed by atoms with van der Waals surface area (Å²) in [4.78, 5) is 37.1. The van der Waals surface area contributed by atoms with Crippen molar-refractivity contribution in [3.8, 4) is 11.8 Å². The van der Waals surface area contributed by atoms with Crippen molar-refractivity contribution in [2.45, 2.75) is 26.7 Å². The fourth-order valence-corrected chi connectivity index (χ4v) is 3.15. The summed E-state index contributed by atoms with van der Waals surface area (Å²) in [5.41, 5.74) is -0.250. The summed E-state index contributed by atoms with van der Waals surface area (Å²) in [6.07, 6.45) is 3.24. The molecule has 0 saturated carbocycles. The van der Waals surface area contributed by atoms with Gasteiger partial charge in [-0.2, -0.15) is 10.4 Å². The number of hydrogen-bond donors (Lipinski definition) is 0. The number of nitroso groups, excluding NO2 is 1. The van der Waals surface area contributed by atoms with Crippen LogP contribution in [0.5, 0.6) is 0 Å². The molecule has 2 heterocycles. The van der Waals surface area contributed by atoms with Gasteiger partial charge in [-0.3, -0.25) is 9.59 Å². The van der Waals surface area contributed by atoms with E-state index in [4.69, 9.17) is 5.26 Å². The Kier molecular flexibility index (Phi) is 4.86. The number of hydrogen-bond acceptors (Lipinski definition) is 7. The predicted octanol–water partition coefficient (Wildman–Crippen LogP) is 2.96. The number of para-hydroxylation sites is 2. The Balaban J connectivity index is 2.11. The third-order valence-electron chi connectivity index (χ3n) is 4.90. The number of carbonyl (C=O) groups excluding carboxylic acids is 1. The number of ketones is 1. The molecule has 0 atom stereocenters. The number of benzene rings is 1. The molecule has 0 N–H and O–H groups in total. The lowest BCUT2D eigenvalue weighted by Crippen LogP contribution is -2.37. The van der Waals surface area contributed by atoms with E-state index in [9.17, 15) is 14.5 Å². The minimum atomic E-state index is -1.10. The van der Waals surface area contributed by atoms with E-state index in [1.165, 1.54) is 16.9 Å². The van der Waals surface area contributed by atoms with E-state index in [0.29, 0.717) is 5.69 Å². The van der Waals surface area contributed by atoms with E-state index in [2.05, 4.69) is 29.0 Å². The lowest BCUT2D eigenvalue weighted by molar-refractivity contribution is 0.104. The molecule has 1 aromatic carbocycles. The number of piperidine rings is 1. The molecule has 1 aliphatic rings. The fourth-order valence-electron chi connectivity index (χ4n) is 3.15. The highest BCUT2D eigenvalue weighted by Gasteiger charge is 2.27. The van der Waals surface area contributed by atoms with Crippen molar-refractivity contribution in [3.05, 3.63) is 51.3 Å². The number of nitrogens with zero attached hydrogens (tertiary/aromatic N) is 5. The first kappa shape index (κ1) is 18.5. The normalized spacial score (nSPS) is 15.8. The predicted molar refractivity (Wildman–Crippen MR) is 100 cm³/mol. The maximum Gasteiger partial charge on any atom is 0.286 e. The van der Waals surface area contributed by atoms with E-state index in [-0.39, 0.29) is 5.41 Å². The molecule has 0 unspecified atom stereocenters. The third-order valence-corrected chi connectivity index (χ3v) is 4.90. The molecule has 1 fully saturated rings. The van der Waals surface area contributed by atoms with Gasteiger partial charge in [0.15, 0.2) is 11.4 Å². The van der Waals surface area contributed by atoms with Crippen LogP contribution in [0.1, 0.15) is 37.2 Å². The van der Waals surface area contributed by atoms with E-state index >= 15 is 0 Å².